The quantitative estimate of drug-likeness (QED) is 0.862. The summed E-state index contributed by atoms with van der Waals surface area (Å²) >= 11 is 0. The molecule has 0 saturated carbocycles. The Morgan fingerprint density at radius 2 is 2.32 bits per heavy atom. The fourth-order valence-corrected chi connectivity index (χ4v) is 2.78. The van der Waals surface area contributed by atoms with Crippen molar-refractivity contribution in [1.82, 2.24) is 25.2 Å². The number of aryl methyl sites for hydroxylation is 1. The van der Waals surface area contributed by atoms with Gasteiger partial charge in [0.05, 0.1) is 18.8 Å². The van der Waals surface area contributed by atoms with Gasteiger partial charge >= 0.3 is 0 Å². The summed E-state index contributed by atoms with van der Waals surface area (Å²) in [7, 11) is 0. The van der Waals surface area contributed by atoms with Gasteiger partial charge in [0.1, 0.15) is 11.9 Å². The SMILES string of the molecule is CCCc1nc([C@H]2CN(C(=O)c3cc([C@H](C)CC)no3)CCO2)n[nH]1. The summed E-state index contributed by atoms with van der Waals surface area (Å²) in [5, 5.41) is 11.2. The third kappa shape index (κ3) is 3.89. The molecule has 2 aromatic heterocycles. The Hall–Kier alpha value is -2.22. The topological polar surface area (TPSA) is 97.1 Å². The molecule has 8 nitrogen and oxygen atoms in total. The first-order chi connectivity index (χ1) is 12.1. The number of hydrogen-bond acceptors (Lipinski definition) is 6. The van der Waals surface area contributed by atoms with Crippen LogP contribution in [0.3, 0.4) is 0 Å². The monoisotopic (exact) mass is 347 g/mol. The van der Waals surface area contributed by atoms with Crippen LogP contribution in [0.1, 0.15) is 73.5 Å². The van der Waals surface area contributed by atoms with Crippen LogP contribution >= 0.6 is 0 Å². The van der Waals surface area contributed by atoms with E-state index < -0.39 is 0 Å². The molecule has 1 aliphatic rings. The lowest BCUT2D eigenvalue weighted by atomic mass is 10.1. The standard InChI is InChI=1S/C17H25N5O3/c1-4-6-15-18-16(20-19-15)14-10-22(7-8-24-14)17(23)13-9-12(21-25-13)11(3)5-2/h9,11,14H,4-8,10H2,1-3H3,(H,18,19,20)/t11-,14-/m1/s1. The summed E-state index contributed by atoms with van der Waals surface area (Å²) in [6.45, 7) is 7.60. The maximum absolute atomic E-state index is 12.7. The van der Waals surface area contributed by atoms with E-state index in [0.29, 0.717) is 25.5 Å². The van der Waals surface area contributed by atoms with Gasteiger partial charge in [0, 0.05) is 24.9 Å². The molecule has 1 fully saturated rings. The summed E-state index contributed by atoms with van der Waals surface area (Å²) in [5.41, 5.74) is 0.814. The molecule has 3 heterocycles. The number of ether oxygens (including phenoxy) is 1. The Kier molecular flexibility index (Phi) is 5.47. The van der Waals surface area contributed by atoms with E-state index in [-0.39, 0.29) is 23.7 Å². The number of amides is 1. The van der Waals surface area contributed by atoms with Gasteiger partial charge in [0.15, 0.2) is 5.82 Å². The van der Waals surface area contributed by atoms with Gasteiger partial charge in [-0.25, -0.2) is 4.98 Å². The minimum absolute atomic E-state index is 0.167. The highest BCUT2D eigenvalue weighted by molar-refractivity contribution is 5.91. The molecule has 0 radical (unpaired) electrons. The first-order valence-corrected chi connectivity index (χ1v) is 8.91. The van der Waals surface area contributed by atoms with Gasteiger partial charge in [-0.15, -0.1) is 0 Å². The molecule has 0 spiro atoms. The summed E-state index contributed by atoms with van der Waals surface area (Å²) in [4.78, 5) is 18.9. The van der Waals surface area contributed by atoms with E-state index in [4.69, 9.17) is 9.26 Å². The zero-order chi connectivity index (χ0) is 17.8. The second-order valence-electron chi connectivity index (χ2n) is 6.43. The van der Waals surface area contributed by atoms with Gasteiger partial charge in [0.25, 0.3) is 5.91 Å². The predicted molar refractivity (Wildman–Crippen MR) is 90.2 cm³/mol. The van der Waals surface area contributed by atoms with E-state index in [0.717, 1.165) is 30.8 Å². The van der Waals surface area contributed by atoms with Gasteiger partial charge in [-0.1, -0.05) is 25.9 Å². The minimum Gasteiger partial charge on any atom is -0.366 e. The molecule has 3 rings (SSSR count). The number of aromatic amines is 1. The van der Waals surface area contributed by atoms with Gasteiger partial charge < -0.3 is 14.2 Å². The van der Waals surface area contributed by atoms with Crippen molar-refractivity contribution in [2.75, 3.05) is 19.7 Å². The van der Waals surface area contributed by atoms with Crippen molar-refractivity contribution in [2.24, 2.45) is 0 Å². The molecule has 1 amide bonds. The zero-order valence-electron chi connectivity index (χ0n) is 15.0. The highest BCUT2D eigenvalue weighted by atomic mass is 16.5. The second-order valence-corrected chi connectivity index (χ2v) is 6.43. The van der Waals surface area contributed by atoms with Crippen molar-refractivity contribution in [3.05, 3.63) is 29.2 Å². The van der Waals surface area contributed by atoms with Crippen molar-refractivity contribution in [1.29, 1.82) is 0 Å². The highest BCUT2D eigenvalue weighted by Gasteiger charge is 2.30. The summed E-state index contributed by atoms with van der Waals surface area (Å²) in [6.07, 6.45) is 2.47. The van der Waals surface area contributed by atoms with Crippen LogP contribution in [0.15, 0.2) is 10.6 Å². The van der Waals surface area contributed by atoms with E-state index in [2.05, 4.69) is 41.1 Å². The van der Waals surface area contributed by atoms with Gasteiger partial charge in [-0.05, 0) is 12.8 Å². The number of H-pyrrole nitrogens is 1. The number of nitrogens with zero attached hydrogens (tertiary/aromatic N) is 4. The van der Waals surface area contributed by atoms with E-state index in [1.54, 1.807) is 11.0 Å². The molecule has 2 aromatic rings. The highest BCUT2D eigenvalue weighted by Crippen LogP contribution is 2.23. The van der Waals surface area contributed by atoms with Crippen LogP contribution in [0.4, 0.5) is 0 Å². The number of hydrogen-bond donors (Lipinski definition) is 1. The molecule has 2 atom stereocenters. The lowest BCUT2D eigenvalue weighted by Crippen LogP contribution is -2.42. The average Bonchev–Trinajstić information content (AvgIpc) is 3.30. The van der Waals surface area contributed by atoms with Crippen molar-refractivity contribution in [2.45, 2.75) is 52.1 Å². The average molecular weight is 347 g/mol. The molecule has 0 aliphatic carbocycles. The molecule has 1 N–H and O–H groups in total. The number of carbonyl (C=O) groups is 1. The largest absolute Gasteiger partial charge is 0.366 e. The Morgan fingerprint density at radius 3 is 3.08 bits per heavy atom. The zero-order valence-corrected chi connectivity index (χ0v) is 15.0. The van der Waals surface area contributed by atoms with Crippen molar-refractivity contribution < 1.29 is 14.1 Å². The number of aromatic nitrogens is 4. The lowest BCUT2D eigenvalue weighted by molar-refractivity contribution is -0.0278. The summed E-state index contributed by atoms with van der Waals surface area (Å²) in [6, 6.07) is 1.74. The fraction of sp³-hybridized carbons (Fsp3) is 0.647. The number of nitrogens with one attached hydrogen (secondary N) is 1. The van der Waals surface area contributed by atoms with Crippen molar-refractivity contribution >= 4 is 5.91 Å². The number of rotatable bonds is 6. The van der Waals surface area contributed by atoms with Crippen LogP contribution < -0.4 is 0 Å². The Morgan fingerprint density at radius 1 is 1.48 bits per heavy atom. The van der Waals surface area contributed by atoms with Gasteiger partial charge in [0.2, 0.25) is 5.76 Å². The normalized spacial score (nSPS) is 19.2. The van der Waals surface area contributed by atoms with Crippen LogP contribution in [-0.4, -0.2) is 50.8 Å². The van der Waals surface area contributed by atoms with Crippen LogP contribution in [-0.2, 0) is 11.2 Å². The molecule has 0 unspecified atom stereocenters. The van der Waals surface area contributed by atoms with Crippen molar-refractivity contribution in [3.8, 4) is 0 Å². The van der Waals surface area contributed by atoms with E-state index >= 15 is 0 Å². The van der Waals surface area contributed by atoms with E-state index in [1.165, 1.54) is 0 Å². The molecule has 1 aliphatic heterocycles. The van der Waals surface area contributed by atoms with Gasteiger partial charge in [-0.2, -0.15) is 5.10 Å². The maximum Gasteiger partial charge on any atom is 0.292 e. The number of carbonyl (C=O) groups excluding carboxylic acids is 1. The molecule has 0 bridgehead atoms. The molecule has 1 saturated heterocycles. The summed E-state index contributed by atoms with van der Waals surface area (Å²) in [5.74, 6) is 1.82. The molecule has 136 valence electrons. The molecule has 0 aromatic carbocycles. The van der Waals surface area contributed by atoms with Gasteiger partial charge in [-0.3, -0.25) is 9.89 Å². The molecule has 25 heavy (non-hydrogen) atoms. The lowest BCUT2D eigenvalue weighted by Gasteiger charge is -2.30. The Bertz CT molecular complexity index is 711. The smallest absolute Gasteiger partial charge is 0.292 e. The van der Waals surface area contributed by atoms with Crippen LogP contribution in [0.5, 0.6) is 0 Å². The van der Waals surface area contributed by atoms with Crippen molar-refractivity contribution in [3.63, 3.8) is 0 Å². The predicted octanol–water partition coefficient (Wildman–Crippen LogP) is 2.47. The minimum atomic E-state index is -0.323. The Balaban J connectivity index is 1.67. The molecular formula is C17H25N5O3. The van der Waals surface area contributed by atoms with E-state index in [1.807, 2.05) is 0 Å². The van der Waals surface area contributed by atoms with Crippen LogP contribution in [0.2, 0.25) is 0 Å². The second kappa shape index (κ2) is 7.77. The first-order valence-electron chi connectivity index (χ1n) is 8.91. The van der Waals surface area contributed by atoms with Crippen LogP contribution in [0.25, 0.3) is 0 Å². The van der Waals surface area contributed by atoms with Crippen LogP contribution in [0, 0.1) is 0 Å². The summed E-state index contributed by atoms with van der Waals surface area (Å²) < 4.78 is 11.0. The third-order valence-electron chi connectivity index (χ3n) is 4.53. The maximum atomic E-state index is 12.7. The van der Waals surface area contributed by atoms with E-state index in [9.17, 15) is 4.79 Å². The fourth-order valence-electron chi connectivity index (χ4n) is 2.78. The molecular weight excluding hydrogens is 322 g/mol. The first kappa shape index (κ1) is 17.6. The third-order valence-corrected chi connectivity index (χ3v) is 4.53. The Labute approximate surface area is 146 Å². The number of morpholine rings is 1. The molecule has 8 heteroatoms.